The summed E-state index contributed by atoms with van der Waals surface area (Å²) in [7, 11) is 0. The Hall–Kier alpha value is -2.88. The third-order valence-electron chi connectivity index (χ3n) is 4.58. The zero-order valence-electron chi connectivity index (χ0n) is 13.4. The molecule has 120 valence electrons. The molecule has 0 radical (unpaired) electrons. The van der Waals surface area contributed by atoms with Crippen molar-refractivity contribution in [2.75, 3.05) is 31.1 Å². The minimum atomic E-state index is 0.0701. The summed E-state index contributed by atoms with van der Waals surface area (Å²) in [6.07, 6.45) is 3.33. The monoisotopic (exact) mass is 317 g/mol. The molecule has 0 saturated carbocycles. The topological polar surface area (TPSA) is 36.4 Å². The van der Waals surface area contributed by atoms with E-state index in [1.54, 1.807) is 18.5 Å². The molecule has 1 aliphatic heterocycles. The number of aromatic nitrogens is 1. The highest BCUT2D eigenvalue weighted by Crippen LogP contribution is 2.27. The molecule has 3 aromatic rings. The van der Waals surface area contributed by atoms with Crippen molar-refractivity contribution in [2.24, 2.45) is 0 Å². The Morgan fingerprint density at radius 1 is 0.875 bits per heavy atom. The van der Waals surface area contributed by atoms with E-state index in [1.165, 1.54) is 16.5 Å². The Bertz CT molecular complexity index is 850. The van der Waals surface area contributed by atoms with E-state index in [2.05, 4.69) is 52.3 Å². The molecule has 1 fully saturated rings. The third kappa shape index (κ3) is 2.71. The van der Waals surface area contributed by atoms with Crippen molar-refractivity contribution in [3.8, 4) is 0 Å². The Morgan fingerprint density at radius 3 is 2.46 bits per heavy atom. The summed E-state index contributed by atoms with van der Waals surface area (Å²) in [6, 6.07) is 18.5. The van der Waals surface area contributed by atoms with Crippen LogP contribution in [0.15, 0.2) is 67.0 Å². The SMILES string of the molecule is O=C(c1cccnc1)N1CCN(c2cccc3ccccc23)CC1. The van der Waals surface area contributed by atoms with E-state index in [4.69, 9.17) is 0 Å². The molecule has 1 amide bonds. The number of rotatable bonds is 2. The van der Waals surface area contributed by atoms with Crippen LogP contribution >= 0.6 is 0 Å². The van der Waals surface area contributed by atoms with Gasteiger partial charge in [-0.2, -0.15) is 0 Å². The predicted molar refractivity (Wildman–Crippen MR) is 96.3 cm³/mol. The first kappa shape index (κ1) is 14.7. The van der Waals surface area contributed by atoms with Crippen molar-refractivity contribution in [3.05, 3.63) is 72.6 Å². The molecule has 0 N–H and O–H groups in total. The van der Waals surface area contributed by atoms with Crippen LogP contribution in [0, 0.1) is 0 Å². The van der Waals surface area contributed by atoms with Crippen LogP contribution in [0.2, 0.25) is 0 Å². The number of carbonyl (C=O) groups is 1. The van der Waals surface area contributed by atoms with Gasteiger partial charge >= 0.3 is 0 Å². The lowest BCUT2D eigenvalue weighted by Gasteiger charge is -2.36. The van der Waals surface area contributed by atoms with E-state index in [0.717, 1.165) is 26.2 Å². The molecule has 2 heterocycles. The molecule has 1 saturated heterocycles. The molecule has 24 heavy (non-hydrogen) atoms. The lowest BCUT2D eigenvalue weighted by molar-refractivity contribution is 0.0746. The smallest absolute Gasteiger partial charge is 0.255 e. The molecule has 4 heteroatoms. The molecule has 0 spiro atoms. The Morgan fingerprint density at radius 2 is 1.67 bits per heavy atom. The zero-order valence-corrected chi connectivity index (χ0v) is 13.4. The fourth-order valence-electron chi connectivity index (χ4n) is 3.31. The van der Waals surface area contributed by atoms with Crippen molar-refractivity contribution in [1.82, 2.24) is 9.88 Å². The second kappa shape index (κ2) is 6.32. The largest absolute Gasteiger partial charge is 0.367 e. The lowest BCUT2D eigenvalue weighted by atomic mass is 10.1. The Kier molecular flexibility index (Phi) is 3.87. The van der Waals surface area contributed by atoms with Crippen molar-refractivity contribution in [1.29, 1.82) is 0 Å². The maximum Gasteiger partial charge on any atom is 0.255 e. The van der Waals surface area contributed by atoms with E-state index in [9.17, 15) is 4.79 Å². The standard InChI is InChI=1S/C20H19N3O/c24-20(17-7-4-10-21-15-17)23-13-11-22(12-14-23)19-9-3-6-16-5-1-2-8-18(16)19/h1-10,15H,11-14H2. The van der Waals surface area contributed by atoms with E-state index >= 15 is 0 Å². The molecule has 2 aromatic carbocycles. The predicted octanol–water partition coefficient (Wildman–Crippen LogP) is 3.20. The molecule has 0 bridgehead atoms. The fraction of sp³-hybridized carbons (Fsp3) is 0.200. The maximum absolute atomic E-state index is 12.5. The highest BCUT2D eigenvalue weighted by molar-refractivity contribution is 5.95. The van der Waals surface area contributed by atoms with Crippen molar-refractivity contribution >= 4 is 22.4 Å². The molecule has 4 nitrogen and oxygen atoms in total. The minimum absolute atomic E-state index is 0.0701. The molecule has 0 unspecified atom stereocenters. The quantitative estimate of drug-likeness (QED) is 0.728. The summed E-state index contributed by atoms with van der Waals surface area (Å²) in [5.74, 6) is 0.0701. The number of carbonyl (C=O) groups excluding carboxylic acids is 1. The number of anilines is 1. The third-order valence-corrected chi connectivity index (χ3v) is 4.58. The Labute approximate surface area is 141 Å². The van der Waals surface area contributed by atoms with Gasteiger partial charge in [0.1, 0.15) is 0 Å². The van der Waals surface area contributed by atoms with Crippen LogP contribution in [-0.4, -0.2) is 42.0 Å². The van der Waals surface area contributed by atoms with Gasteiger partial charge in [-0.1, -0.05) is 36.4 Å². The molecule has 4 rings (SSSR count). The summed E-state index contributed by atoms with van der Waals surface area (Å²) in [5.41, 5.74) is 1.91. The van der Waals surface area contributed by atoms with Gasteiger partial charge in [0, 0.05) is 49.6 Å². The van der Waals surface area contributed by atoms with E-state index in [1.807, 2.05) is 11.0 Å². The number of nitrogens with zero attached hydrogens (tertiary/aromatic N) is 3. The van der Waals surface area contributed by atoms with Crippen LogP contribution in [0.3, 0.4) is 0 Å². The first-order chi connectivity index (χ1) is 11.8. The highest BCUT2D eigenvalue weighted by atomic mass is 16.2. The number of piperazine rings is 1. The van der Waals surface area contributed by atoms with Crippen LogP contribution in [-0.2, 0) is 0 Å². The van der Waals surface area contributed by atoms with Gasteiger partial charge in [0.2, 0.25) is 0 Å². The highest BCUT2D eigenvalue weighted by Gasteiger charge is 2.23. The average molecular weight is 317 g/mol. The van der Waals surface area contributed by atoms with Crippen LogP contribution in [0.4, 0.5) is 5.69 Å². The number of hydrogen-bond acceptors (Lipinski definition) is 3. The van der Waals surface area contributed by atoms with Crippen LogP contribution < -0.4 is 4.90 Å². The summed E-state index contributed by atoms with van der Waals surface area (Å²) < 4.78 is 0. The van der Waals surface area contributed by atoms with Gasteiger partial charge in [-0.25, -0.2) is 0 Å². The maximum atomic E-state index is 12.5. The van der Waals surface area contributed by atoms with Crippen LogP contribution in [0.1, 0.15) is 10.4 Å². The molecular formula is C20H19N3O. The summed E-state index contributed by atoms with van der Waals surface area (Å²) in [6.45, 7) is 3.16. The van der Waals surface area contributed by atoms with Gasteiger partial charge in [0.15, 0.2) is 0 Å². The summed E-state index contributed by atoms with van der Waals surface area (Å²) in [4.78, 5) is 20.8. The first-order valence-corrected chi connectivity index (χ1v) is 8.25. The van der Waals surface area contributed by atoms with Gasteiger partial charge in [0.25, 0.3) is 5.91 Å². The second-order valence-corrected chi connectivity index (χ2v) is 6.02. The summed E-state index contributed by atoms with van der Waals surface area (Å²) >= 11 is 0. The van der Waals surface area contributed by atoms with Crippen LogP contribution in [0.25, 0.3) is 10.8 Å². The number of amides is 1. The van der Waals surface area contributed by atoms with Crippen LogP contribution in [0.5, 0.6) is 0 Å². The number of hydrogen-bond donors (Lipinski definition) is 0. The lowest BCUT2D eigenvalue weighted by Crippen LogP contribution is -2.48. The van der Waals surface area contributed by atoms with Gasteiger partial charge in [-0.3, -0.25) is 9.78 Å². The number of fused-ring (bicyclic) bond motifs is 1. The van der Waals surface area contributed by atoms with E-state index in [0.29, 0.717) is 5.56 Å². The molecular weight excluding hydrogens is 298 g/mol. The van der Waals surface area contributed by atoms with Crippen molar-refractivity contribution in [3.63, 3.8) is 0 Å². The fourth-order valence-corrected chi connectivity index (χ4v) is 3.31. The van der Waals surface area contributed by atoms with Gasteiger partial charge in [-0.15, -0.1) is 0 Å². The van der Waals surface area contributed by atoms with Gasteiger partial charge in [-0.05, 0) is 23.6 Å². The van der Waals surface area contributed by atoms with Gasteiger partial charge in [0.05, 0.1) is 5.56 Å². The van der Waals surface area contributed by atoms with Crippen molar-refractivity contribution in [2.45, 2.75) is 0 Å². The molecule has 1 aromatic heterocycles. The van der Waals surface area contributed by atoms with E-state index < -0.39 is 0 Å². The Balaban J connectivity index is 1.51. The normalized spacial score (nSPS) is 14.8. The molecule has 1 aliphatic rings. The number of benzene rings is 2. The molecule has 0 aliphatic carbocycles. The first-order valence-electron chi connectivity index (χ1n) is 8.25. The van der Waals surface area contributed by atoms with Gasteiger partial charge < -0.3 is 9.80 Å². The van der Waals surface area contributed by atoms with Crippen molar-refractivity contribution < 1.29 is 4.79 Å². The number of pyridine rings is 1. The molecule has 0 atom stereocenters. The van der Waals surface area contributed by atoms with E-state index in [-0.39, 0.29) is 5.91 Å². The second-order valence-electron chi connectivity index (χ2n) is 6.02. The average Bonchev–Trinajstić information content (AvgIpc) is 2.68. The zero-order chi connectivity index (χ0) is 16.4. The minimum Gasteiger partial charge on any atom is -0.367 e. The summed E-state index contributed by atoms with van der Waals surface area (Å²) in [5, 5.41) is 2.52.